The smallest absolute Gasteiger partial charge is 0.126 e. The van der Waals surface area contributed by atoms with Crippen molar-refractivity contribution < 1.29 is 4.39 Å². The van der Waals surface area contributed by atoms with Crippen molar-refractivity contribution in [2.75, 3.05) is 19.6 Å². The zero-order valence-electron chi connectivity index (χ0n) is 9.75. The summed E-state index contributed by atoms with van der Waals surface area (Å²) in [5.74, 6) is -0.123. The third-order valence-electron chi connectivity index (χ3n) is 3.59. The molecular formula is C13H19FN2. The summed E-state index contributed by atoms with van der Waals surface area (Å²) in [4.78, 5) is 2.35. The van der Waals surface area contributed by atoms with Gasteiger partial charge in [0.2, 0.25) is 0 Å². The number of hydrogen-bond donors (Lipinski definition) is 1. The number of hydrogen-bond acceptors (Lipinski definition) is 2. The molecule has 0 radical (unpaired) electrons. The first-order valence-corrected chi connectivity index (χ1v) is 5.84. The van der Waals surface area contributed by atoms with Crippen LogP contribution < -0.4 is 5.73 Å². The van der Waals surface area contributed by atoms with Crippen LogP contribution in [0.3, 0.4) is 0 Å². The van der Waals surface area contributed by atoms with E-state index >= 15 is 0 Å². The van der Waals surface area contributed by atoms with E-state index in [4.69, 9.17) is 5.73 Å². The maximum atomic E-state index is 13.6. The molecule has 0 saturated carbocycles. The number of benzene rings is 1. The van der Waals surface area contributed by atoms with Crippen LogP contribution in [-0.4, -0.2) is 30.1 Å². The van der Waals surface area contributed by atoms with Gasteiger partial charge in [-0.2, -0.15) is 0 Å². The monoisotopic (exact) mass is 222 g/mol. The number of halogens is 1. The van der Waals surface area contributed by atoms with E-state index in [1.165, 1.54) is 12.5 Å². The lowest BCUT2D eigenvalue weighted by Crippen LogP contribution is -2.58. The average Bonchev–Trinajstić information content (AvgIpc) is 2.19. The largest absolute Gasteiger partial charge is 0.329 e. The molecule has 2 rings (SSSR count). The molecule has 0 aromatic heterocycles. The van der Waals surface area contributed by atoms with Gasteiger partial charge >= 0.3 is 0 Å². The summed E-state index contributed by atoms with van der Waals surface area (Å²) in [7, 11) is 0. The topological polar surface area (TPSA) is 29.3 Å². The molecule has 88 valence electrons. The molecule has 2 N–H and O–H groups in total. The molecule has 1 atom stereocenters. The molecule has 1 saturated heterocycles. The molecule has 0 aliphatic carbocycles. The van der Waals surface area contributed by atoms with Crippen LogP contribution in [0.5, 0.6) is 0 Å². The first kappa shape index (κ1) is 11.6. The Bertz CT molecular complexity index is 363. The molecular weight excluding hydrogens is 203 g/mol. The third kappa shape index (κ3) is 2.11. The van der Waals surface area contributed by atoms with Crippen LogP contribution >= 0.6 is 0 Å². The van der Waals surface area contributed by atoms with E-state index in [0.29, 0.717) is 13.0 Å². The van der Waals surface area contributed by atoms with Crippen molar-refractivity contribution >= 4 is 0 Å². The molecule has 2 nitrogen and oxygen atoms in total. The highest BCUT2D eigenvalue weighted by molar-refractivity contribution is 5.20. The van der Waals surface area contributed by atoms with Crippen LogP contribution in [0.15, 0.2) is 24.3 Å². The Morgan fingerprint density at radius 1 is 1.38 bits per heavy atom. The second kappa shape index (κ2) is 4.52. The molecule has 3 heteroatoms. The van der Waals surface area contributed by atoms with Crippen molar-refractivity contribution in [1.29, 1.82) is 0 Å². The lowest BCUT2D eigenvalue weighted by molar-refractivity contribution is 0.0475. The average molecular weight is 222 g/mol. The zero-order valence-corrected chi connectivity index (χ0v) is 9.75. The molecule has 16 heavy (non-hydrogen) atoms. The molecule has 1 unspecified atom stereocenters. The lowest BCUT2D eigenvalue weighted by Gasteiger charge is -2.46. The summed E-state index contributed by atoms with van der Waals surface area (Å²) in [6, 6.07) is 6.97. The molecule has 0 bridgehead atoms. The van der Waals surface area contributed by atoms with Crippen LogP contribution in [0.1, 0.15) is 18.9 Å². The summed E-state index contributed by atoms with van der Waals surface area (Å²) >= 11 is 0. The first-order valence-electron chi connectivity index (χ1n) is 5.84. The van der Waals surface area contributed by atoms with Gasteiger partial charge in [0.15, 0.2) is 0 Å². The summed E-state index contributed by atoms with van der Waals surface area (Å²) in [5.41, 5.74) is 6.52. The van der Waals surface area contributed by atoms with Crippen LogP contribution in [0, 0.1) is 5.82 Å². The molecule has 1 aliphatic heterocycles. The Balaban J connectivity index is 2.14. The number of likely N-dealkylation sites (tertiary alicyclic amines) is 1. The quantitative estimate of drug-likeness (QED) is 0.841. The molecule has 0 spiro atoms. The third-order valence-corrected chi connectivity index (χ3v) is 3.59. The Hall–Kier alpha value is -0.930. The molecule has 1 aromatic rings. The molecule has 1 heterocycles. The van der Waals surface area contributed by atoms with E-state index in [2.05, 4.69) is 11.8 Å². The van der Waals surface area contributed by atoms with Crippen molar-refractivity contribution in [2.45, 2.75) is 25.3 Å². The van der Waals surface area contributed by atoms with Gasteiger partial charge in [0.25, 0.3) is 0 Å². The predicted octanol–water partition coefficient (Wildman–Crippen LogP) is 1.79. The van der Waals surface area contributed by atoms with E-state index < -0.39 is 0 Å². The van der Waals surface area contributed by atoms with Crippen molar-refractivity contribution in [3.05, 3.63) is 35.6 Å². The fourth-order valence-corrected chi connectivity index (χ4v) is 2.22. The summed E-state index contributed by atoms with van der Waals surface area (Å²) in [5, 5.41) is 0. The van der Waals surface area contributed by atoms with Gasteiger partial charge in [-0.05, 0) is 44.5 Å². The van der Waals surface area contributed by atoms with Gasteiger partial charge < -0.3 is 5.73 Å². The fourth-order valence-electron chi connectivity index (χ4n) is 2.22. The van der Waals surface area contributed by atoms with Crippen molar-refractivity contribution in [2.24, 2.45) is 5.73 Å². The van der Waals surface area contributed by atoms with E-state index in [1.54, 1.807) is 6.07 Å². The Labute approximate surface area is 96.2 Å². The van der Waals surface area contributed by atoms with Crippen molar-refractivity contribution in [3.63, 3.8) is 0 Å². The van der Waals surface area contributed by atoms with E-state index in [9.17, 15) is 4.39 Å². The molecule has 1 aromatic carbocycles. The second-order valence-electron chi connectivity index (χ2n) is 4.81. The van der Waals surface area contributed by atoms with Gasteiger partial charge in [0.1, 0.15) is 5.82 Å². The molecule has 1 fully saturated rings. The minimum Gasteiger partial charge on any atom is -0.329 e. The van der Waals surface area contributed by atoms with E-state index in [1.807, 2.05) is 12.1 Å². The lowest BCUT2D eigenvalue weighted by atomic mass is 9.88. The van der Waals surface area contributed by atoms with Crippen LogP contribution in [0.2, 0.25) is 0 Å². The van der Waals surface area contributed by atoms with Gasteiger partial charge in [0.05, 0.1) is 0 Å². The molecule has 0 amide bonds. The van der Waals surface area contributed by atoms with Gasteiger partial charge in [-0.1, -0.05) is 18.2 Å². The number of rotatable bonds is 4. The van der Waals surface area contributed by atoms with Gasteiger partial charge in [-0.15, -0.1) is 0 Å². The first-order chi connectivity index (χ1) is 7.65. The van der Waals surface area contributed by atoms with Crippen molar-refractivity contribution in [1.82, 2.24) is 4.90 Å². The van der Waals surface area contributed by atoms with Crippen LogP contribution in [0.4, 0.5) is 4.39 Å². The number of nitrogens with zero attached hydrogens (tertiary/aromatic N) is 1. The highest BCUT2D eigenvalue weighted by Gasteiger charge is 2.34. The fraction of sp³-hybridized carbons (Fsp3) is 0.538. The van der Waals surface area contributed by atoms with E-state index in [-0.39, 0.29) is 11.4 Å². The van der Waals surface area contributed by atoms with Crippen molar-refractivity contribution in [3.8, 4) is 0 Å². The highest BCUT2D eigenvalue weighted by atomic mass is 19.1. The van der Waals surface area contributed by atoms with Gasteiger partial charge in [-0.25, -0.2) is 4.39 Å². The SMILES string of the molecule is CC(CN)(Cc1ccccc1F)N1CCC1. The second-order valence-corrected chi connectivity index (χ2v) is 4.81. The maximum absolute atomic E-state index is 13.6. The van der Waals surface area contributed by atoms with Crippen LogP contribution in [0.25, 0.3) is 0 Å². The minimum atomic E-state index is -0.123. The zero-order chi connectivity index (χ0) is 11.6. The number of nitrogens with two attached hydrogens (primary N) is 1. The summed E-state index contributed by atoms with van der Waals surface area (Å²) < 4.78 is 13.6. The van der Waals surface area contributed by atoms with Gasteiger partial charge in [-0.3, -0.25) is 4.90 Å². The van der Waals surface area contributed by atoms with Gasteiger partial charge in [0, 0.05) is 12.1 Å². The normalized spacial score (nSPS) is 20.2. The minimum absolute atomic E-state index is 0.0968. The summed E-state index contributed by atoms with van der Waals surface area (Å²) in [6.07, 6.45) is 1.92. The Morgan fingerprint density at radius 2 is 2.06 bits per heavy atom. The Kier molecular flexibility index (Phi) is 3.26. The maximum Gasteiger partial charge on any atom is 0.126 e. The predicted molar refractivity (Wildman–Crippen MR) is 63.8 cm³/mol. The highest BCUT2D eigenvalue weighted by Crippen LogP contribution is 2.26. The Morgan fingerprint density at radius 3 is 2.56 bits per heavy atom. The standard InChI is InChI=1S/C13H19FN2/c1-13(10-15,16-7-4-8-16)9-11-5-2-3-6-12(11)14/h2-3,5-6H,4,7-10,15H2,1H3. The summed E-state index contributed by atoms with van der Waals surface area (Å²) in [6.45, 7) is 4.87. The van der Waals surface area contributed by atoms with Crippen LogP contribution in [-0.2, 0) is 6.42 Å². The van der Waals surface area contributed by atoms with E-state index in [0.717, 1.165) is 18.7 Å². The molecule has 1 aliphatic rings.